The smallest absolute Gasteiger partial charge is 0.253 e. The zero-order chi connectivity index (χ0) is 21.4. The minimum Gasteiger partial charge on any atom is -0.358 e. The van der Waals surface area contributed by atoms with Gasteiger partial charge < -0.3 is 15.2 Å². The van der Waals surface area contributed by atoms with E-state index >= 15 is 0 Å². The fourth-order valence-corrected chi connectivity index (χ4v) is 4.82. The summed E-state index contributed by atoms with van der Waals surface area (Å²) in [6, 6.07) is 11.5. The molecule has 0 radical (unpaired) electrons. The first-order valence-corrected chi connectivity index (χ1v) is 11.1. The molecule has 0 saturated carbocycles. The monoisotopic (exact) mass is 419 g/mol. The number of piperidine rings is 1. The molecule has 1 aliphatic carbocycles. The predicted octanol–water partition coefficient (Wildman–Crippen LogP) is 4.22. The van der Waals surface area contributed by atoms with Gasteiger partial charge in [0.15, 0.2) is 0 Å². The molecule has 0 atom stereocenters. The van der Waals surface area contributed by atoms with E-state index in [4.69, 9.17) is 0 Å². The molecule has 0 bridgehead atoms. The third kappa shape index (κ3) is 3.94. The standard InChI is InChI=1S/C25H26FN3O2/c26-18-8-5-16(6-9-18)24(30)27-19-11-13-29(14-12-19)25(31)17-7-10-23-21(15-17)20-3-1-2-4-22(20)28-23/h5-10,15,19,28H,1-4,11-14H2,(H,27,30). The lowest BCUT2D eigenvalue weighted by Gasteiger charge is -2.32. The van der Waals surface area contributed by atoms with Crippen molar-refractivity contribution >= 4 is 22.7 Å². The Morgan fingerprint density at radius 1 is 0.968 bits per heavy atom. The van der Waals surface area contributed by atoms with Crippen LogP contribution in [0.25, 0.3) is 10.9 Å². The Balaban J connectivity index is 1.23. The van der Waals surface area contributed by atoms with Crippen molar-refractivity contribution in [3.63, 3.8) is 0 Å². The van der Waals surface area contributed by atoms with Crippen molar-refractivity contribution in [2.75, 3.05) is 13.1 Å². The molecular weight excluding hydrogens is 393 g/mol. The zero-order valence-corrected chi connectivity index (χ0v) is 17.4. The molecule has 2 aliphatic rings. The van der Waals surface area contributed by atoms with E-state index in [0.717, 1.165) is 23.9 Å². The molecule has 1 aromatic heterocycles. The first-order chi connectivity index (χ1) is 15.1. The Morgan fingerprint density at radius 2 is 1.68 bits per heavy atom. The predicted molar refractivity (Wildman–Crippen MR) is 118 cm³/mol. The molecular formula is C25H26FN3O2. The van der Waals surface area contributed by atoms with Crippen LogP contribution in [0.15, 0.2) is 42.5 Å². The van der Waals surface area contributed by atoms with Gasteiger partial charge in [-0.15, -0.1) is 0 Å². The number of hydrogen-bond donors (Lipinski definition) is 2. The quantitative estimate of drug-likeness (QED) is 0.668. The molecule has 0 unspecified atom stereocenters. The molecule has 2 heterocycles. The number of fused-ring (bicyclic) bond motifs is 3. The van der Waals surface area contributed by atoms with Gasteiger partial charge in [-0.25, -0.2) is 4.39 Å². The molecule has 31 heavy (non-hydrogen) atoms. The number of aromatic amines is 1. The molecule has 2 N–H and O–H groups in total. The highest BCUT2D eigenvalue weighted by atomic mass is 19.1. The van der Waals surface area contributed by atoms with Gasteiger partial charge in [0.1, 0.15) is 5.82 Å². The molecule has 160 valence electrons. The third-order valence-corrected chi connectivity index (χ3v) is 6.57. The molecule has 5 nitrogen and oxygen atoms in total. The van der Waals surface area contributed by atoms with Crippen molar-refractivity contribution in [3.8, 4) is 0 Å². The van der Waals surface area contributed by atoms with Crippen LogP contribution in [0, 0.1) is 5.82 Å². The number of amides is 2. The minimum absolute atomic E-state index is 0.0146. The number of aromatic nitrogens is 1. The fraction of sp³-hybridized carbons (Fsp3) is 0.360. The summed E-state index contributed by atoms with van der Waals surface area (Å²) >= 11 is 0. The Hall–Kier alpha value is -3.15. The Kier molecular flexibility index (Phi) is 5.22. The molecule has 1 fully saturated rings. The summed E-state index contributed by atoms with van der Waals surface area (Å²) in [5, 5.41) is 4.19. The van der Waals surface area contributed by atoms with Crippen molar-refractivity contribution < 1.29 is 14.0 Å². The molecule has 0 spiro atoms. The van der Waals surface area contributed by atoms with Crippen molar-refractivity contribution in [3.05, 3.63) is 70.7 Å². The number of rotatable bonds is 3. The normalized spacial score (nSPS) is 16.9. The second-order valence-electron chi connectivity index (χ2n) is 8.60. The lowest BCUT2D eigenvalue weighted by atomic mass is 9.95. The van der Waals surface area contributed by atoms with Gasteiger partial charge >= 0.3 is 0 Å². The first kappa shape index (κ1) is 19.8. The van der Waals surface area contributed by atoms with E-state index in [1.807, 2.05) is 23.1 Å². The van der Waals surface area contributed by atoms with Gasteiger partial charge in [0.05, 0.1) is 0 Å². The lowest BCUT2D eigenvalue weighted by Crippen LogP contribution is -2.46. The summed E-state index contributed by atoms with van der Waals surface area (Å²) in [6.45, 7) is 1.22. The van der Waals surface area contributed by atoms with Crippen LogP contribution in [-0.2, 0) is 12.8 Å². The highest BCUT2D eigenvalue weighted by molar-refractivity contribution is 5.99. The third-order valence-electron chi connectivity index (χ3n) is 6.57. The average Bonchev–Trinajstić information content (AvgIpc) is 3.17. The molecule has 6 heteroatoms. The van der Waals surface area contributed by atoms with E-state index < -0.39 is 0 Å². The van der Waals surface area contributed by atoms with E-state index in [9.17, 15) is 14.0 Å². The summed E-state index contributed by atoms with van der Waals surface area (Å²) in [5.41, 5.74) is 4.99. The molecule has 2 aromatic carbocycles. The maximum absolute atomic E-state index is 13.1. The van der Waals surface area contributed by atoms with Crippen molar-refractivity contribution in [2.24, 2.45) is 0 Å². The number of H-pyrrole nitrogens is 1. The summed E-state index contributed by atoms with van der Waals surface area (Å²) in [7, 11) is 0. The summed E-state index contributed by atoms with van der Waals surface area (Å²) in [4.78, 5) is 30.9. The number of nitrogens with zero attached hydrogens (tertiary/aromatic N) is 1. The van der Waals surface area contributed by atoms with Gasteiger partial charge in [0.2, 0.25) is 0 Å². The van der Waals surface area contributed by atoms with Crippen LogP contribution in [0.4, 0.5) is 4.39 Å². The second-order valence-corrected chi connectivity index (χ2v) is 8.60. The van der Waals surface area contributed by atoms with Crippen LogP contribution in [0.2, 0.25) is 0 Å². The number of nitrogens with one attached hydrogen (secondary N) is 2. The van der Waals surface area contributed by atoms with E-state index in [1.54, 1.807) is 0 Å². The Bertz CT molecular complexity index is 1130. The summed E-state index contributed by atoms with van der Waals surface area (Å²) < 4.78 is 13.0. The van der Waals surface area contributed by atoms with E-state index in [-0.39, 0.29) is 23.7 Å². The van der Waals surface area contributed by atoms with Crippen LogP contribution in [0.1, 0.15) is 57.7 Å². The second kappa shape index (κ2) is 8.17. The van der Waals surface area contributed by atoms with E-state index in [1.165, 1.54) is 53.8 Å². The Labute approximate surface area is 180 Å². The summed E-state index contributed by atoms with van der Waals surface area (Å²) in [6.07, 6.45) is 6.01. The zero-order valence-electron chi connectivity index (χ0n) is 17.4. The number of halogens is 1. The molecule has 1 aliphatic heterocycles. The summed E-state index contributed by atoms with van der Waals surface area (Å²) in [5.74, 6) is -0.509. The SMILES string of the molecule is O=C(NC1CCN(C(=O)c2ccc3[nH]c4c(c3c2)CCCC4)CC1)c1ccc(F)cc1. The Morgan fingerprint density at radius 3 is 2.45 bits per heavy atom. The number of aryl methyl sites for hydroxylation is 2. The minimum atomic E-state index is -0.360. The first-order valence-electron chi connectivity index (χ1n) is 11.1. The van der Waals surface area contributed by atoms with Crippen molar-refractivity contribution in [1.82, 2.24) is 15.2 Å². The van der Waals surface area contributed by atoms with E-state index in [0.29, 0.717) is 31.5 Å². The lowest BCUT2D eigenvalue weighted by molar-refractivity contribution is 0.0698. The largest absolute Gasteiger partial charge is 0.358 e. The van der Waals surface area contributed by atoms with E-state index in [2.05, 4.69) is 10.3 Å². The van der Waals surface area contributed by atoms with Gasteiger partial charge in [0, 0.05) is 46.9 Å². The van der Waals surface area contributed by atoms with Crippen molar-refractivity contribution in [2.45, 2.75) is 44.6 Å². The highest BCUT2D eigenvalue weighted by Crippen LogP contribution is 2.30. The molecule has 5 rings (SSSR count). The van der Waals surface area contributed by atoms with Crippen LogP contribution in [0.5, 0.6) is 0 Å². The average molecular weight is 420 g/mol. The maximum atomic E-state index is 13.1. The van der Waals surface area contributed by atoms with Gasteiger partial charge in [-0.05, 0) is 86.6 Å². The molecule has 1 saturated heterocycles. The molecule has 3 aromatic rings. The maximum Gasteiger partial charge on any atom is 0.253 e. The van der Waals surface area contributed by atoms with Gasteiger partial charge in [-0.3, -0.25) is 9.59 Å². The fourth-order valence-electron chi connectivity index (χ4n) is 4.82. The van der Waals surface area contributed by atoms with Crippen molar-refractivity contribution in [1.29, 1.82) is 0 Å². The number of hydrogen-bond acceptors (Lipinski definition) is 2. The van der Waals surface area contributed by atoms with Crippen LogP contribution < -0.4 is 5.32 Å². The molecule has 2 amide bonds. The van der Waals surface area contributed by atoms with Crippen LogP contribution in [0.3, 0.4) is 0 Å². The highest BCUT2D eigenvalue weighted by Gasteiger charge is 2.25. The number of carbonyl (C=O) groups excluding carboxylic acids is 2. The van der Waals surface area contributed by atoms with Gasteiger partial charge in [-0.1, -0.05) is 0 Å². The van der Waals surface area contributed by atoms with Crippen LogP contribution >= 0.6 is 0 Å². The van der Waals surface area contributed by atoms with Crippen LogP contribution in [-0.4, -0.2) is 40.8 Å². The van der Waals surface area contributed by atoms with Gasteiger partial charge in [0.25, 0.3) is 11.8 Å². The number of benzene rings is 2. The topological polar surface area (TPSA) is 65.2 Å². The number of carbonyl (C=O) groups is 2. The number of likely N-dealkylation sites (tertiary alicyclic amines) is 1. The van der Waals surface area contributed by atoms with Gasteiger partial charge in [-0.2, -0.15) is 0 Å².